The van der Waals surface area contributed by atoms with Crippen LogP contribution in [0.15, 0.2) is 60.6 Å². The van der Waals surface area contributed by atoms with Crippen LogP contribution in [0.5, 0.6) is 0 Å². The van der Waals surface area contributed by atoms with Crippen molar-refractivity contribution < 1.29 is 0 Å². The molecule has 1 rings (SSSR count). The molecular formula is C15H16N2. The Kier molecular flexibility index (Phi) is 5.46. The minimum Gasteiger partial charge on any atom is -0.266 e. The molecule has 0 aliphatic carbocycles. The largest absolute Gasteiger partial charge is 0.266 e. The van der Waals surface area contributed by atoms with Gasteiger partial charge in [-0.3, -0.25) is 4.99 Å². The Labute approximate surface area is 103 Å². The molecule has 1 aromatic carbocycles. The van der Waals surface area contributed by atoms with E-state index >= 15 is 0 Å². The van der Waals surface area contributed by atoms with Gasteiger partial charge in [0.15, 0.2) is 0 Å². The molecule has 0 saturated carbocycles. The van der Waals surface area contributed by atoms with E-state index in [1.807, 2.05) is 42.5 Å². The molecule has 0 spiro atoms. The van der Waals surface area contributed by atoms with Gasteiger partial charge in [0.25, 0.3) is 0 Å². The van der Waals surface area contributed by atoms with Crippen molar-refractivity contribution in [3.05, 3.63) is 61.2 Å². The maximum atomic E-state index is 8.88. The SMILES string of the molecule is C=CCCC(N=C(C#N)C=C)c1ccccc1. The molecule has 0 aromatic heterocycles. The van der Waals surface area contributed by atoms with Crippen LogP contribution in [-0.2, 0) is 0 Å². The summed E-state index contributed by atoms with van der Waals surface area (Å²) in [6.07, 6.45) is 5.08. The van der Waals surface area contributed by atoms with Crippen molar-refractivity contribution in [1.29, 1.82) is 5.26 Å². The summed E-state index contributed by atoms with van der Waals surface area (Å²) in [5.41, 5.74) is 1.49. The fourth-order valence-electron chi connectivity index (χ4n) is 1.55. The summed E-state index contributed by atoms with van der Waals surface area (Å²) in [5, 5.41) is 8.88. The van der Waals surface area contributed by atoms with E-state index in [0.29, 0.717) is 5.71 Å². The zero-order valence-corrected chi connectivity index (χ0v) is 9.84. The van der Waals surface area contributed by atoms with Crippen LogP contribution in [0.3, 0.4) is 0 Å². The lowest BCUT2D eigenvalue weighted by molar-refractivity contribution is 0.665. The van der Waals surface area contributed by atoms with Gasteiger partial charge in [-0.1, -0.05) is 43.0 Å². The van der Waals surface area contributed by atoms with Gasteiger partial charge in [-0.25, -0.2) is 0 Å². The first-order valence-electron chi connectivity index (χ1n) is 5.58. The van der Waals surface area contributed by atoms with Crippen LogP contribution < -0.4 is 0 Å². The molecule has 0 N–H and O–H groups in total. The monoisotopic (exact) mass is 224 g/mol. The normalized spacial score (nSPS) is 12.5. The maximum Gasteiger partial charge on any atom is 0.135 e. The highest BCUT2D eigenvalue weighted by Gasteiger charge is 2.09. The molecule has 0 bridgehead atoms. The Morgan fingerprint density at radius 2 is 2.06 bits per heavy atom. The molecule has 0 aliphatic heterocycles. The van der Waals surface area contributed by atoms with Gasteiger partial charge in [0.05, 0.1) is 6.04 Å². The molecule has 0 amide bonds. The van der Waals surface area contributed by atoms with Crippen molar-refractivity contribution in [2.75, 3.05) is 0 Å². The number of aliphatic imine (C=N–C) groups is 1. The van der Waals surface area contributed by atoms with Crippen molar-refractivity contribution >= 4 is 5.71 Å². The predicted molar refractivity (Wildman–Crippen MR) is 71.9 cm³/mol. The highest BCUT2D eigenvalue weighted by molar-refractivity contribution is 6.06. The van der Waals surface area contributed by atoms with Gasteiger partial charge in [-0.2, -0.15) is 5.26 Å². The standard InChI is InChI=1S/C15H16N2/c1-3-5-11-15(17-14(4-2)12-16)13-9-7-6-8-10-13/h3-4,6-10,15H,1-2,5,11H2. The fourth-order valence-corrected chi connectivity index (χ4v) is 1.55. The Morgan fingerprint density at radius 3 is 2.59 bits per heavy atom. The van der Waals surface area contributed by atoms with E-state index < -0.39 is 0 Å². The van der Waals surface area contributed by atoms with Crippen LogP contribution in [0.1, 0.15) is 24.4 Å². The molecule has 2 nitrogen and oxygen atoms in total. The van der Waals surface area contributed by atoms with Crippen LogP contribution in [0.25, 0.3) is 0 Å². The van der Waals surface area contributed by atoms with Gasteiger partial charge in [0, 0.05) is 0 Å². The number of benzene rings is 1. The first-order chi connectivity index (χ1) is 8.31. The van der Waals surface area contributed by atoms with Gasteiger partial charge >= 0.3 is 0 Å². The van der Waals surface area contributed by atoms with Gasteiger partial charge in [0.2, 0.25) is 0 Å². The zero-order chi connectivity index (χ0) is 12.5. The molecule has 2 heteroatoms. The van der Waals surface area contributed by atoms with Gasteiger partial charge < -0.3 is 0 Å². The lowest BCUT2D eigenvalue weighted by atomic mass is 10.0. The molecule has 0 saturated heterocycles. The summed E-state index contributed by atoms with van der Waals surface area (Å²) in [6.45, 7) is 7.30. The summed E-state index contributed by atoms with van der Waals surface area (Å²) in [6, 6.07) is 12.0. The summed E-state index contributed by atoms with van der Waals surface area (Å²) in [7, 11) is 0. The van der Waals surface area contributed by atoms with Crippen molar-refractivity contribution in [2.45, 2.75) is 18.9 Å². The first kappa shape index (κ1) is 12.9. The molecule has 0 radical (unpaired) electrons. The molecule has 0 fully saturated rings. The third-order valence-electron chi connectivity index (χ3n) is 2.43. The van der Waals surface area contributed by atoms with Crippen LogP contribution in [-0.4, -0.2) is 5.71 Å². The lowest BCUT2D eigenvalue weighted by Gasteiger charge is -2.11. The molecular weight excluding hydrogens is 208 g/mol. The fraction of sp³-hybridized carbons (Fsp3) is 0.200. The smallest absolute Gasteiger partial charge is 0.135 e. The average Bonchev–Trinajstić information content (AvgIpc) is 2.40. The second-order valence-electron chi connectivity index (χ2n) is 3.62. The molecule has 17 heavy (non-hydrogen) atoms. The number of nitriles is 1. The summed E-state index contributed by atoms with van der Waals surface area (Å²) < 4.78 is 0. The Bertz CT molecular complexity index is 438. The van der Waals surface area contributed by atoms with E-state index in [4.69, 9.17) is 5.26 Å². The Hall–Kier alpha value is -2.14. The van der Waals surface area contributed by atoms with E-state index in [9.17, 15) is 0 Å². The molecule has 86 valence electrons. The molecule has 0 aliphatic rings. The van der Waals surface area contributed by atoms with Crippen LogP contribution >= 0.6 is 0 Å². The first-order valence-corrected chi connectivity index (χ1v) is 5.58. The average molecular weight is 224 g/mol. The molecule has 1 unspecified atom stereocenters. The lowest BCUT2D eigenvalue weighted by Crippen LogP contribution is -1.99. The summed E-state index contributed by atoms with van der Waals surface area (Å²) >= 11 is 0. The highest BCUT2D eigenvalue weighted by Crippen LogP contribution is 2.23. The van der Waals surface area contributed by atoms with Gasteiger partial charge in [0.1, 0.15) is 11.8 Å². The van der Waals surface area contributed by atoms with E-state index in [0.717, 1.165) is 18.4 Å². The van der Waals surface area contributed by atoms with E-state index in [1.54, 1.807) is 0 Å². The summed E-state index contributed by atoms with van der Waals surface area (Å²) in [5.74, 6) is 0. The predicted octanol–water partition coefficient (Wildman–Crippen LogP) is 3.84. The number of hydrogen-bond acceptors (Lipinski definition) is 2. The van der Waals surface area contributed by atoms with Gasteiger partial charge in [-0.05, 0) is 24.5 Å². The van der Waals surface area contributed by atoms with Crippen molar-refractivity contribution in [2.24, 2.45) is 4.99 Å². The van der Waals surface area contributed by atoms with E-state index in [-0.39, 0.29) is 6.04 Å². The zero-order valence-electron chi connectivity index (χ0n) is 9.84. The Morgan fingerprint density at radius 1 is 1.35 bits per heavy atom. The maximum absolute atomic E-state index is 8.88. The van der Waals surface area contributed by atoms with Crippen LogP contribution in [0.2, 0.25) is 0 Å². The third-order valence-corrected chi connectivity index (χ3v) is 2.43. The van der Waals surface area contributed by atoms with Crippen molar-refractivity contribution in [1.82, 2.24) is 0 Å². The Balaban J connectivity index is 2.96. The van der Waals surface area contributed by atoms with Crippen LogP contribution in [0.4, 0.5) is 0 Å². The second-order valence-corrected chi connectivity index (χ2v) is 3.62. The highest BCUT2D eigenvalue weighted by atomic mass is 14.8. The molecule has 1 atom stereocenters. The molecule has 1 aromatic rings. The van der Waals surface area contributed by atoms with E-state index in [2.05, 4.69) is 18.2 Å². The quantitative estimate of drug-likeness (QED) is 0.534. The van der Waals surface area contributed by atoms with Crippen molar-refractivity contribution in [3.63, 3.8) is 0 Å². The van der Waals surface area contributed by atoms with Crippen molar-refractivity contribution in [3.8, 4) is 6.07 Å². The third kappa shape index (κ3) is 4.08. The summed E-state index contributed by atoms with van der Waals surface area (Å²) in [4.78, 5) is 4.41. The minimum absolute atomic E-state index is 0.00171. The molecule has 0 heterocycles. The number of nitrogens with zero attached hydrogens (tertiary/aromatic N) is 2. The van der Waals surface area contributed by atoms with E-state index in [1.165, 1.54) is 6.08 Å². The number of rotatable bonds is 6. The topological polar surface area (TPSA) is 36.1 Å². The van der Waals surface area contributed by atoms with Crippen LogP contribution in [0, 0.1) is 11.3 Å². The second kappa shape index (κ2) is 7.19. The number of hydrogen-bond donors (Lipinski definition) is 0. The number of allylic oxidation sites excluding steroid dienone is 2. The van der Waals surface area contributed by atoms with Gasteiger partial charge in [-0.15, -0.1) is 6.58 Å². The minimum atomic E-state index is 0.00171.